The smallest absolute Gasteiger partial charge is 0.306 e. The highest BCUT2D eigenvalue weighted by Gasteiger charge is 2.19. The molecule has 0 N–H and O–H groups in total. The Hall–Kier alpha value is -2.89. The maximum atomic E-state index is 12.9. The van der Waals surface area contributed by atoms with Gasteiger partial charge >= 0.3 is 17.9 Å². The molecule has 1 unspecified atom stereocenters. The Morgan fingerprint density at radius 1 is 0.269 bits per heavy atom. The van der Waals surface area contributed by atoms with E-state index in [1.807, 2.05) is 0 Å². The number of hydrogen-bond acceptors (Lipinski definition) is 6. The zero-order chi connectivity index (χ0) is 56.4. The normalized spacial score (nSPS) is 12.4. The molecular weight excluding hydrogens is 961 g/mol. The lowest BCUT2D eigenvalue weighted by Gasteiger charge is -2.18. The molecule has 0 saturated carbocycles. The van der Waals surface area contributed by atoms with Crippen LogP contribution in [0.15, 0.2) is 60.8 Å². The van der Waals surface area contributed by atoms with E-state index in [1.165, 1.54) is 231 Å². The predicted molar refractivity (Wildman–Crippen MR) is 339 cm³/mol. The number of ether oxygens (including phenoxy) is 3. The monoisotopic (exact) mass is 1090 g/mol. The Morgan fingerprint density at radius 2 is 0.500 bits per heavy atom. The fourth-order valence-corrected chi connectivity index (χ4v) is 10.2. The molecule has 6 nitrogen and oxygen atoms in total. The van der Waals surface area contributed by atoms with Crippen molar-refractivity contribution in [1.29, 1.82) is 0 Å². The fraction of sp³-hybridized carbons (Fsp3) is 0.819. The first-order valence-electron chi connectivity index (χ1n) is 34.3. The molecule has 0 aliphatic heterocycles. The summed E-state index contributed by atoms with van der Waals surface area (Å²) >= 11 is 0. The second-order valence-corrected chi connectivity index (χ2v) is 23.1. The van der Waals surface area contributed by atoms with Gasteiger partial charge in [0.2, 0.25) is 0 Å². The number of esters is 3. The summed E-state index contributed by atoms with van der Waals surface area (Å²) in [5, 5.41) is 0. The molecule has 0 aliphatic rings. The molecule has 0 radical (unpaired) electrons. The van der Waals surface area contributed by atoms with Crippen LogP contribution >= 0.6 is 0 Å². The van der Waals surface area contributed by atoms with Crippen molar-refractivity contribution in [2.24, 2.45) is 0 Å². The lowest BCUT2D eigenvalue weighted by molar-refractivity contribution is -0.167. The number of rotatable bonds is 63. The molecule has 0 bridgehead atoms. The molecule has 78 heavy (non-hydrogen) atoms. The molecule has 454 valence electrons. The predicted octanol–water partition coefficient (Wildman–Crippen LogP) is 23.5. The van der Waals surface area contributed by atoms with Gasteiger partial charge in [0, 0.05) is 19.3 Å². The van der Waals surface area contributed by atoms with Gasteiger partial charge in [0.25, 0.3) is 0 Å². The van der Waals surface area contributed by atoms with Crippen molar-refractivity contribution in [2.45, 2.75) is 367 Å². The summed E-state index contributed by atoms with van der Waals surface area (Å²) in [6.07, 6.45) is 85.2. The summed E-state index contributed by atoms with van der Waals surface area (Å²) in [7, 11) is 0. The van der Waals surface area contributed by atoms with Crippen molar-refractivity contribution in [3.05, 3.63) is 60.8 Å². The third-order valence-corrected chi connectivity index (χ3v) is 15.3. The summed E-state index contributed by atoms with van der Waals surface area (Å²) in [5.41, 5.74) is 0. The van der Waals surface area contributed by atoms with Gasteiger partial charge in [-0.15, -0.1) is 0 Å². The third-order valence-electron chi connectivity index (χ3n) is 15.3. The van der Waals surface area contributed by atoms with Gasteiger partial charge in [0.05, 0.1) is 0 Å². The van der Waals surface area contributed by atoms with Crippen LogP contribution in [0.1, 0.15) is 361 Å². The maximum absolute atomic E-state index is 12.9. The van der Waals surface area contributed by atoms with Crippen LogP contribution in [-0.4, -0.2) is 37.2 Å². The Labute approximate surface area is 485 Å². The van der Waals surface area contributed by atoms with E-state index in [0.29, 0.717) is 19.3 Å². The van der Waals surface area contributed by atoms with E-state index in [9.17, 15) is 14.4 Å². The highest BCUT2D eigenvalue weighted by atomic mass is 16.6. The number of unbranched alkanes of at least 4 members (excludes halogenated alkanes) is 42. The first-order chi connectivity index (χ1) is 38.5. The molecule has 0 heterocycles. The minimum Gasteiger partial charge on any atom is -0.462 e. The van der Waals surface area contributed by atoms with Crippen LogP contribution in [-0.2, 0) is 28.6 Å². The highest BCUT2D eigenvalue weighted by molar-refractivity contribution is 5.71. The molecule has 0 rings (SSSR count). The zero-order valence-electron chi connectivity index (χ0n) is 52.2. The van der Waals surface area contributed by atoms with E-state index < -0.39 is 6.10 Å². The molecule has 0 saturated heterocycles. The SMILES string of the molecule is CC/C=C\C/C=C\C/C=C\C/C=C\C/C=C\CCCCCCCCCCCCCC(=O)OCC(COC(=O)CCCCCCCCCCCCCCCCC)OC(=O)CCCCCCCCCCCCCCCCCCCC. The Balaban J connectivity index is 4.28. The Bertz CT molecular complexity index is 1390. The van der Waals surface area contributed by atoms with E-state index in [4.69, 9.17) is 14.2 Å². The van der Waals surface area contributed by atoms with Gasteiger partial charge in [-0.2, -0.15) is 0 Å². The number of allylic oxidation sites excluding steroid dienone is 10. The Kier molecular flexibility index (Phi) is 64.2. The molecule has 0 spiro atoms. The first kappa shape index (κ1) is 75.1. The van der Waals surface area contributed by atoms with Gasteiger partial charge in [0.15, 0.2) is 6.10 Å². The number of carbonyl (C=O) groups excluding carboxylic acids is 3. The zero-order valence-corrected chi connectivity index (χ0v) is 52.2. The highest BCUT2D eigenvalue weighted by Crippen LogP contribution is 2.18. The van der Waals surface area contributed by atoms with Crippen LogP contribution < -0.4 is 0 Å². The van der Waals surface area contributed by atoms with Gasteiger partial charge in [-0.25, -0.2) is 0 Å². The van der Waals surface area contributed by atoms with Crippen LogP contribution in [0.4, 0.5) is 0 Å². The molecule has 0 amide bonds. The van der Waals surface area contributed by atoms with Crippen molar-refractivity contribution in [1.82, 2.24) is 0 Å². The van der Waals surface area contributed by atoms with Gasteiger partial charge in [-0.3, -0.25) is 14.4 Å². The average Bonchev–Trinajstić information content (AvgIpc) is 3.44. The summed E-state index contributed by atoms with van der Waals surface area (Å²) in [5.74, 6) is -0.845. The van der Waals surface area contributed by atoms with Crippen molar-refractivity contribution in [3.63, 3.8) is 0 Å². The molecule has 1 atom stereocenters. The van der Waals surface area contributed by atoms with Crippen LogP contribution in [0, 0.1) is 0 Å². The summed E-state index contributed by atoms with van der Waals surface area (Å²) in [6.45, 7) is 6.59. The summed E-state index contributed by atoms with van der Waals surface area (Å²) in [6, 6.07) is 0. The lowest BCUT2D eigenvalue weighted by atomic mass is 10.0. The molecule has 0 fully saturated rings. The molecule has 0 aromatic rings. The molecule has 0 aromatic carbocycles. The number of carbonyl (C=O) groups is 3. The van der Waals surface area contributed by atoms with E-state index in [1.54, 1.807) is 0 Å². The lowest BCUT2D eigenvalue weighted by Crippen LogP contribution is -2.30. The second kappa shape index (κ2) is 66.6. The molecular formula is C72H130O6. The molecule has 0 aromatic heterocycles. The quantitative estimate of drug-likeness (QED) is 0.0261. The fourth-order valence-electron chi connectivity index (χ4n) is 10.2. The van der Waals surface area contributed by atoms with Gasteiger partial charge < -0.3 is 14.2 Å². The van der Waals surface area contributed by atoms with Crippen LogP contribution in [0.5, 0.6) is 0 Å². The van der Waals surface area contributed by atoms with Crippen LogP contribution in [0.25, 0.3) is 0 Å². The topological polar surface area (TPSA) is 78.9 Å². The maximum Gasteiger partial charge on any atom is 0.306 e. The third kappa shape index (κ3) is 63.9. The summed E-state index contributed by atoms with van der Waals surface area (Å²) < 4.78 is 17.0. The Morgan fingerprint density at radius 3 is 0.782 bits per heavy atom. The van der Waals surface area contributed by atoms with Crippen LogP contribution in [0.2, 0.25) is 0 Å². The average molecular weight is 1090 g/mol. The summed E-state index contributed by atoms with van der Waals surface area (Å²) in [4.78, 5) is 38.4. The van der Waals surface area contributed by atoms with Gasteiger partial charge in [0.1, 0.15) is 13.2 Å². The van der Waals surface area contributed by atoms with Crippen molar-refractivity contribution in [3.8, 4) is 0 Å². The van der Waals surface area contributed by atoms with Gasteiger partial charge in [-0.1, -0.05) is 338 Å². The molecule has 0 aliphatic carbocycles. The molecule has 6 heteroatoms. The van der Waals surface area contributed by atoms with Gasteiger partial charge in [-0.05, 0) is 64.2 Å². The minimum atomic E-state index is -0.772. The van der Waals surface area contributed by atoms with E-state index >= 15 is 0 Å². The van der Waals surface area contributed by atoms with Crippen LogP contribution in [0.3, 0.4) is 0 Å². The van der Waals surface area contributed by atoms with E-state index in [0.717, 1.165) is 89.9 Å². The standard InChI is InChI=1S/C72H130O6/c1-4-7-10-13-16-19-22-25-28-30-32-33-34-35-36-37-38-39-40-42-44-47-50-53-56-59-62-65-71(74)77-68-69(67-76-70(73)64-61-58-55-52-49-46-43-27-24-21-18-15-12-9-6-3)78-72(75)66-63-60-57-54-51-48-45-41-31-29-26-23-20-17-14-11-8-5-2/h7,10,16,19,25,28,32-33,35-36,69H,4-6,8-9,11-15,17-18,20-24,26-27,29-31,34,37-68H2,1-3H3/b10-7-,19-16-,28-25-,33-32-,36-35-. The van der Waals surface area contributed by atoms with E-state index in [2.05, 4.69) is 81.5 Å². The van der Waals surface area contributed by atoms with E-state index in [-0.39, 0.29) is 31.1 Å². The number of hydrogen-bond donors (Lipinski definition) is 0. The first-order valence-corrected chi connectivity index (χ1v) is 34.3. The van der Waals surface area contributed by atoms with Crippen molar-refractivity contribution in [2.75, 3.05) is 13.2 Å². The van der Waals surface area contributed by atoms with Crippen molar-refractivity contribution >= 4 is 17.9 Å². The van der Waals surface area contributed by atoms with Crippen molar-refractivity contribution < 1.29 is 28.6 Å². The largest absolute Gasteiger partial charge is 0.462 e. The minimum absolute atomic E-state index is 0.0686. The second-order valence-electron chi connectivity index (χ2n) is 23.1.